The van der Waals surface area contributed by atoms with Crippen LogP contribution in [0.4, 0.5) is 17.6 Å². The van der Waals surface area contributed by atoms with Gasteiger partial charge in [0.05, 0.1) is 17.2 Å². The zero-order valence-electron chi connectivity index (χ0n) is 9.73. The van der Waals surface area contributed by atoms with Crippen LogP contribution in [0.3, 0.4) is 0 Å². The van der Waals surface area contributed by atoms with Crippen LogP contribution in [-0.2, 0) is 0 Å². The van der Waals surface area contributed by atoms with Crippen molar-refractivity contribution in [1.29, 1.82) is 0 Å². The van der Waals surface area contributed by atoms with Crippen molar-refractivity contribution >= 4 is 11.3 Å². The van der Waals surface area contributed by atoms with Crippen LogP contribution in [0.25, 0.3) is 0 Å². The third-order valence-corrected chi connectivity index (χ3v) is 3.55. The highest BCUT2D eigenvalue weighted by atomic mass is 32.1. The minimum Gasteiger partial charge on any atom is -0.304 e. The molecule has 0 spiro atoms. The first-order valence-corrected chi connectivity index (χ1v) is 5.89. The first-order valence-electron chi connectivity index (χ1n) is 5.07. The summed E-state index contributed by atoms with van der Waals surface area (Å²) < 4.78 is 49.3. The fourth-order valence-corrected chi connectivity index (χ4v) is 2.36. The number of rotatable bonds is 5. The van der Waals surface area contributed by atoms with Crippen molar-refractivity contribution in [3.05, 3.63) is 15.6 Å². The van der Waals surface area contributed by atoms with E-state index in [0.717, 1.165) is 15.6 Å². The van der Waals surface area contributed by atoms with E-state index in [-0.39, 0.29) is 0 Å². The van der Waals surface area contributed by atoms with Gasteiger partial charge in [-0.25, -0.2) is 13.8 Å². The summed E-state index contributed by atoms with van der Waals surface area (Å²) in [5.74, 6) is -4.00. The maximum absolute atomic E-state index is 12.7. The lowest BCUT2D eigenvalue weighted by atomic mass is 10.2. The molecule has 0 aliphatic rings. The minimum absolute atomic E-state index is 0.411. The molecule has 17 heavy (non-hydrogen) atoms. The number of hydrogen-bond acceptors (Lipinski definition) is 3. The summed E-state index contributed by atoms with van der Waals surface area (Å²) in [5.41, 5.74) is 0.743. The average molecular weight is 270 g/mol. The van der Waals surface area contributed by atoms with Crippen molar-refractivity contribution in [3.63, 3.8) is 0 Å². The molecule has 2 nitrogen and oxygen atoms in total. The summed E-state index contributed by atoms with van der Waals surface area (Å²) in [6, 6.07) is -0.411. The van der Waals surface area contributed by atoms with Crippen molar-refractivity contribution in [2.24, 2.45) is 0 Å². The maximum atomic E-state index is 12.7. The molecule has 0 aliphatic heterocycles. The summed E-state index contributed by atoms with van der Waals surface area (Å²) in [4.78, 5) is 4.95. The van der Waals surface area contributed by atoms with E-state index in [2.05, 4.69) is 10.3 Å². The second kappa shape index (κ2) is 5.30. The van der Waals surface area contributed by atoms with Crippen LogP contribution in [0, 0.1) is 13.8 Å². The molecule has 7 heteroatoms. The molecule has 0 saturated heterocycles. The lowest BCUT2D eigenvalue weighted by Gasteiger charge is -2.19. The number of aromatic nitrogens is 1. The third kappa shape index (κ3) is 3.64. The van der Waals surface area contributed by atoms with E-state index in [0.29, 0.717) is 0 Å². The van der Waals surface area contributed by atoms with Crippen LogP contribution >= 0.6 is 11.3 Å². The van der Waals surface area contributed by atoms with E-state index in [1.807, 2.05) is 6.92 Å². The first kappa shape index (κ1) is 14.4. The number of nitrogens with one attached hydrogen (secondary N) is 1. The van der Waals surface area contributed by atoms with Crippen molar-refractivity contribution in [3.8, 4) is 0 Å². The van der Waals surface area contributed by atoms with Gasteiger partial charge in [0, 0.05) is 10.9 Å². The van der Waals surface area contributed by atoms with E-state index in [9.17, 15) is 17.6 Å². The van der Waals surface area contributed by atoms with Crippen molar-refractivity contribution in [2.45, 2.75) is 39.2 Å². The van der Waals surface area contributed by atoms with Crippen LogP contribution < -0.4 is 5.32 Å². The molecule has 0 aliphatic carbocycles. The highest BCUT2D eigenvalue weighted by Crippen LogP contribution is 2.26. The van der Waals surface area contributed by atoms with Gasteiger partial charge >= 0.3 is 12.3 Å². The number of alkyl halides is 4. The Kier molecular flexibility index (Phi) is 4.48. The third-order valence-electron chi connectivity index (χ3n) is 2.30. The van der Waals surface area contributed by atoms with Gasteiger partial charge in [0.15, 0.2) is 0 Å². The number of nitrogens with zero attached hydrogens (tertiary/aromatic N) is 1. The molecule has 0 amide bonds. The van der Waals surface area contributed by atoms with Gasteiger partial charge in [0.25, 0.3) is 0 Å². The fourth-order valence-electron chi connectivity index (χ4n) is 1.41. The molecule has 1 atom stereocenters. The number of thiazole rings is 1. The summed E-state index contributed by atoms with van der Waals surface area (Å²) in [5, 5.41) is 3.24. The standard InChI is InChI=1S/C10H14F4N2S/c1-5(8-6(2)16-7(3)17-8)15-4-10(13,14)9(11)12/h5,9,15H,4H2,1-3H3. The van der Waals surface area contributed by atoms with Crippen molar-refractivity contribution < 1.29 is 17.6 Å². The van der Waals surface area contributed by atoms with Gasteiger partial charge in [0.1, 0.15) is 0 Å². The van der Waals surface area contributed by atoms with Crippen LogP contribution in [0.15, 0.2) is 0 Å². The molecule has 1 aromatic rings. The zero-order valence-corrected chi connectivity index (χ0v) is 10.5. The van der Waals surface area contributed by atoms with Gasteiger partial charge in [-0.1, -0.05) is 0 Å². The lowest BCUT2D eigenvalue weighted by molar-refractivity contribution is -0.126. The topological polar surface area (TPSA) is 24.9 Å². The molecule has 1 rings (SSSR count). The van der Waals surface area contributed by atoms with E-state index >= 15 is 0 Å². The van der Waals surface area contributed by atoms with E-state index in [4.69, 9.17) is 0 Å². The molecule has 0 fully saturated rings. The lowest BCUT2D eigenvalue weighted by Crippen LogP contribution is -2.39. The first-order chi connectivity index (χ1) is 7.74. The Morgan fingerprint density at radius 2 is 1.94 bits per heavy atom. The number of aryl methyl sites for hydroxylation is 2. The summed E-state index contributed by atoms with van der Waals surface area (Å²) in [6.07, 6.45) is -3.65. The predicted octanol–water partition coefficient (Wildman–Crippen LogP) is 3.31. The highest BCUT2D eigenvalue weighted by molar-refractivity contribution is 7.11. The molecule has 0 bridgehead atoms. The van der Waals surface area contributed by atoms with Crippen LogP contribution in [-0.4, -0.2) is 23.9 Å². The maximum Gasteiger partial charge on any atom is 0.319 e. The predicted molar refractivity (Wildman–Crippen MR) is 59.0 cm³/mol. The van der Waals surface area contributed by atoms with Gasteiger partial charge in [-0.3, -0.25) is 0 Å². The zero-order chi connectivity index (χ0) is 13.2. The Bertz CT molecular complexity index is 378. The SMILES string of the molecule is Cc1nc(C)c(C(C)NCC(F)(F)C(F)F)s1. The van der Waals surface area contributed by atoms with E-state index in [1.54, 1.807) is 13.8 Å². The molecule has 0 aromatic carbocycles. The molecule has 98 valence electrons. The Morgan fingerprint density at radius 1 is 1.35 bits per heavy atom. The fraction of sp³-hybridized carbons (Fsp3) is 0.700. The van der Waals surface area contributed by atoms with Crippen molar-refractivity contribution in [1.82, 2.24) is 10.3 Å². The number of hydrogen-bond donors (Lipinski definition) is 1. The molecule has 1 aromatic heterocycles. The molecular formula is C10H14F4N2S. The summed E-state index contributed by atoms with van der Waals surface area (Å²) in [6.45, 7) is 4.19. The van der Waals surface area contributed by atoms with E-state index in [1.165, 1.54) is 11.3 Å². The Balaban J connectivity index is 2.62. The van der Waals surface area contributed by atoms with E-state index < -0.39 is 24.9 Å². The van der Waals surface area contributed by atoms with Gasteiger partial charge in [0.2, 0.25) is 0 Å². The number of halogens is 4. The summed E-state index contributed by atoms with van der Waals surface area (Å²) in [7, 11) is 0. The molecule has 1 N–H and O–H groups in total. The van der Waals surface area contributed by atoms with Crippen LogP contribution in [0.5, 0.6) is 0 Å². The van der Waals surface area contributed by atoms with Crippen LogP contribution in [0.1, 0.15) is 28.5 Å². The largest absolute Gasteiger partial charge is 0.319 e. The Hall–Kier alpha value is -0.690. The van der Waals surface area contributed by atoms with Gasteiger partial charge < -0.3 is 5.32 Å². The van der Waals surface area contributed by atoms with Crippen molar-refractivity contribution in [2.75, 3.05) is 6.54 Å². The smallest absolute Gasteiger partial charge is 0.304 e. The average Bonchev–Trinajstić information content (AvgIpc) is 2.54. The second-order valence-corrected chi connectivity index (χ2v) is 5.08. The van der Waals surface area contributed by atoms with Crippen LogP contribution in [0.2, 0.25) is 0 Å². The second-order valence-electron chi connectivity index (χ2n) is 3.85. The molecule has 1 unspecified atom stereocenters. The van der Waals surface area contributed by atoms with Gasteiger partial charge in [-0.2, -0.15) is 8.78 Å². The highest BCUT2D eigenvalue weighted by Gasteiger charge is 2.40. The van der Waals surface area contributed by atoms with Gasteiger partial charge in [-0.15, -0.1) is 11.3 Å². The Labute approximate surface area is 101 Å². The monoisotopic (exact) mass is 270 g/mol. The quantitative estimate of drug-likeness (QED) is 0.830. The van der Waals surface area contributed by atoms with Gasteiger partial charge in [-0.05, 0) is 20.8 Å². The molecular weight excluding hydrogens is 256 g/mol. The summed E-state index contributed by atoms with van der Waals surface area (Å²) >= 11 is 1.38. The normalized spacial score (nSPS) is 14.4. The Morgan fingerprint density at radius 3 is 2.35 bits per heavy atom. The molecule has 0 radical (unpaired) electrons. The molecule has 0 saturated carbocycles. The minimum atomic E-state index is -4.00. The molecule has 1 heterocycles.